The number of nitrogens with one attached hydrogen (secondary N) is 1. The van der Waals surface area contributed by atoms with Gasteiger partial charge in [0.05, 0.1) is 16.4 Å². The first-order chi connectivity index (χ1) is 12.6. The molecule has 2 aromatic carbocycles. The molecule has 0 aliphatic carbocycles. The molecule has 1 amide bonds. The molecule has 0 aliphatic heterocycles. The Hall–Kier alpha value is -2.57. The first-order valence-electron chi connectivity index (χ1n) is 7.84. The molecule has 0 unspecified atom stereocenters. The molecule has 7 heteroatoms. The largest absolute Gasteiger partial charge is 0.323 e. The number of amides is 1. The molecular formula is C19H16ClN3O2S. The summed E-state index contributed by atoms with van der Waals surface area (Å²) in [5, 5.41) is 3.63. The van der Waals surface area contributed by atoms with Crippen molar-refractivity contribution in [3.8, 4) is 11.3 Å². The van der Waals surface area contributed by atoms with Crippen LogP contribution in [0.4, 0.5) is 5.69 Å². The van der Waals surface area contributed by atoms with Crippen LogP contribution in [0.15, 0.2) is 70.6 Å². The van der Waals surface area contributed by atoms with Crippen molar-refractivity contribution in [2.24, 2.45) is 0 Å². The Morgan fingerprint density at radius 2 is 1.85 bits per heavy atom. The first-order valence-corrected chi connectivity index (χ1v) is 9.44. The lowest BCUT2D eigenvalue weighted by molar-refractivity contribution is -0.116. The van der Waals surface area contributed by atoms with Crippen LogP contribution < -0.4 is 10.9 Å². The Labute approximate surface area is 160 Å². The molecule has 0 fully saturated rings. The number of nitrogens with zero attached hydrogens (tertiary/aromatic N) is 2. The molecule has 132 valence electrons. The summed E-state index contributed by atoms with van der Waals surface area (Å²) in [6, 6.07) is 17.8. The van der Waals surface area contributed by atoms with Gasteiger partial charge in [0.2, 0.25) is 5.91 Å². The molecular weight excluding hydrogens is 370 g/mol. The molecule has 1 N–H and O–H groups in total. The second-order valence-corrected chi connectivity index (χ2v) is 6.63. The minimum Gasteiger partial charge on any atom is -0.323 e. The van der Waals surface area contributed by atoms with Crippen LogP contribution in [0.25, 0.3) is 11.3 Å². The summed E-state index contributed by atoms with van der Waals surface area (Å²) < 4.78 is 1.35. The van der Waals surface area contributed by atoms with Crippen molar-refractivity contribution in [2.45, 2.75) is 11.7 Å². The van der Waals surface area contributed by atoms with Crippen LogP contribution in [0.3, 0.4) is 0 Å². The van der Waals surface area contributed by atoms with Gasteiger partial charge in [-0.15, -0.1) is 0 Å². The van der Waals surface area contributed by atoms with Crippen molar-refractivity contribution in [2.75, 3.05) is 11.6 Å². The van der Waals surface area contributed by atoms with Crippen molar-refractivity contribution >= 4 is 35.0 Å². The van der Waals surface area contributed by atoms with Crippen molar-refractivity contribution in [3.63, 3.8) is 0 Å². The summed E-state index contributed by atoms with van der Waals surface area (Å²) >= 11 is 7.37. The standard InChI is InChI=1S/C19H16ClN3O2S/c1-26-19-22-16(13-7-3-2-4-8-13)11-18(25)23(19)12-17(24)21-15-10-6-5-9-14(15)20/h2-11H,12H2,1H3,(H,21,24). The molecule has 5 nitrogen and oxygen atoms in total. The van der Waals surface area contributed by atoms with E-state index in [0.29, 0.717) is 21.6 Å². The Bertz CT molecular complexity index is 990. The first kappa shape index (κ1) is 18.2. The number of para-hydroxylation sites is 1. The van der Waals surface area contributed by atoms with E-state index in [1.807, 2.05) is 36.6 Å². The minimum atomic E-state index is -0.343. The highest BCUT2D eigenvalue weighted by Gasteiger charge is 2.13. The maximum atomic E-state index is 12.6. The van der Waals surface area contributed by atoms with Crippen LogP contribution in [0.1, 0.15) is 0 Å². The van der Waals surface area contributed by atoms with E-state index in [9.17, 15) is 9.59 Å². The summed E-state index contributed by atoms with van der Waals surface area (Å²) in [4.78, 5) is 29.4. The Morgan fingerprint density at radius 3 is 2.54 bits per heavy atom. The molecule has 26 heavy (non-hydrogen) atoms. The van der Waals surface area contributed by atoms with Crippen molar-refractivity contribution in [1.29, 1.82) is 0 Å². The molecule has 0 bridgehead atoms. The van der Waals surface area contributed by atoms with E-state index in [-0.39, 0.29) is 18.0 Å². The number of halogens is 1. The summed E-state index contributed by atoms with van der Waals surface area (Å²) in [5.74, 6) is -0.343. The van der Waals surface area contributed by atoms with Crippen LogP contribution in [-0.2, 0) is 11.3 Å². The van der Waals surface area contributed by atoms with E-state index in [2.05, 4.69) is 10.3 Å². The third-order valence-corrected chi connectivity index (χ3v) is 4.68. The zero-order valence-electron chi connectivity index (χ0n) is 14.0. The van der Waals surface area contributed by atoms with Crippen LogP contribution in [-0.4, -0.2) is 21.7 Å². The van der Waals surface area contributed by atoms with Crippen molar-refractivity contribution in [1.82, 2.24) is 9.55 Å². The van der Waals surface area contributed by atoms with Crippen LogP contribution >= 0.6 is 23.4 Å². The fourth-order valence-electron chi connectivity index (χ4n) is 2.44. The van der Waals surface area contributed by atoms with Gasteiger partial charge in [0.15, 0.2) is 5.16 Å². The van der Waals surface area contributed by atoms with Crippen molar-refractivity contribution in [3.05, 3.63) is 76.0 Å². The average molecular weight is 386 g/mol. The molecule has 0 atom stereocenters. The molecule has 0 aliphatic rings. The van der Waals surface area contributed by atoms with Gasteiger partial charge in [-0.05, 0) is 18.4 Å². The summed E-state index contributed by atoms with van der Waals surface area (Å²) in [7, 11) is 0. The normalized spacial score (nSPS) is 10.5. The van der Waals surface area contributed by atoms with E-state index < -0.39 is 0 Å². The monoisotopic (exact) mass is 385 g/mol. The van der Waals surface area contributed by atoms with E-state index in [4.69, 9.17) is 11.6 Å². The number of benzene rings is 2. The number of hydrogen-bond acceptors (Lipinski definition) is 4. The van der Waals surface area contributed by atoms with Crippen molar-refractivity contribution < 1.29 is 4.79 Å². The maximum absolute atomic E-state index is 12.6. The van der Waals surface area contributed by atoms with Gasteiger partial charge in [-0.25, -0.2) is 4.98 Å². The van der Waals surface area contributed by atoms with Gasteiger partial charge in [-0.3, -0.25) is 14.2 Å². The third kappa shape index (κ3) is 4.15. The lowest BCUT2D eigenvalue weighted by Gasteiger charge is -2.12. The van der Waals surface area contributed by atoms with E-state index in [1.165, 1.54) is 22.4 Å². The maximum Gasteiger partial charge on any atom is 0.255 e. The molecule has 3 aromatic rings. The van der Waals surface area contributed by atoms with Crippen LogP contribution in [0.2, 0.25) is 5.02 Å². The topological polar surface area (TPSA) is 64.0 Å². The number of hydrogen-bond donors (Lipinski definition) is 1. The molecule has 3 rings (SSSR count). The summed E-state index contributed by atoms with van der Waals surface area (Å²) in [5.41, 5.74) is 1.67. The molecule has 1 heterocycles. The SMILES string of the molecule is CSc1nc(-c2ccccc2)cc(=O)n1CC(=O)Nc1ccccc1Cl. The van der Waals surface area contributed by atoms with E-state index >= 15 is 0 Å². The predicted octanol–water partition coefficient (Wildman–Crippen LogP) is 3.92. The van der Waals surface area contributed by atoms with Gasteiger partial charge in [0.1, 0.15) is 6.54 Å². The quantitative estimate of drug-likeness (QED) is 0.534. The summed E-state index contributed by atoms with van der Waals surface area (Å²) in [6.45, 7) is -0.137. The molecule has 0 saturated heterocycles. The second-order valence-electron chi connectivity index (χ2n) is 5.45. The zero-order valence-corrected chi connectivity index (χ0v) is 15.6. The smallest absolute Gasteiger partial charge is 0.255 e. The fraction of sp³-hybridized carbons (Fsp3) is 0.105. The number of carbonyl (C=O) groups is 1. The second kappa shape index (κ2) is 8.21. The summed E-state index contributed by atoms with van der Waals surface area (Å²) in [6.07, 6.45) is 1.82. The molecule has 0 saturated carbocycles. The minimum absolute atomic E-state index is 0.137. The third-order valence-electron chi connectivity index (χ3n) is 3.68. The van der Waals surface area contributed by atoms with E-state index in [0.717, 1.165) is 5.56 Å². The molecule has 0 radical (unpaired) electrons. The van der Waals surface area contributed by atoms with Gasteiger partial charge in [0.25, 0.3) is 5.56 Å². The van der Waals surface area contributed by atoms with E-state index in [1.54, 1.807) is 24.3 Å². The Balaban J connectivity index is 1.87. The number of carbonyl (C=O) groups excluding carboxylic acids is 1. The lowest BCUT2D eigenvalue weighted by Crippen LogP contribution is -2.29. The van der Waals surface area contributed by atoms with Crippen LogP contribution in [0.5, 0.6) is 0 Å². The number of thioether (sulfide) groups is 1. The van der Waals surface area contributed by atoms with Gasteiger partial charge >= 0.3 is 0 Å². The van der Waals surface area contributed by atoms with Gasteiger partial charge in [-0.2, -0.15) is 0 Å². The molecule has 0 spiro atoms. The number of rotatable bonds is 5. The lowest BCUT2D eigenvalue weighted by atomic mass is 10.1. The number of aromatic nitrogens is 2. The predicted molar refractivity (Wildman–Crippen MR) is 106 cm³/mol. The van der Waals surface area contributed by atoms with Gasteiger partial charge in [-0.1, -0.05) is 65.8 Å². The Kier molecular flexibility index (Phi) is 5.75. The van der Waals surface area contributed by atoms with Gasteiger partial charge in [0, 0.05) is 11.6 Å². The number of anilines is 1. The molecule has 1 aromatic heterocycles. The fourth-order valence-corrected chi connectivity index (χ4v) is 3.19. The average Bonchev–Trinajstić information content (AvgIpc) is 2.65. The zero-order chi connectivity index (χ0) is 18.5. The highest BCUT2D eigenvalue weighted by Crippen LogP contribution is 2.21. The van der Waals surface area contributed by atoms with Crippen LogP contribution in [0, 0.1) is 0 Å². The van der Waals surface area contributed by atoms with Gasteiger partial charge < -0.3 is 5.32 Å². The Morgan fingerprint density at radius 1 is 1.15 bits per heavy atom. The highest BCUT2D eigenvalue weighted by molar-refractivity contribution is 7.98. The highest BCUT2D eigenvalue weighted by atomic mass is 35.5.